The van der Waals surface area contributed by atoms with Crippen LogP contribution in [-0.2, 0) is 29.3 Å². The Hall–Kier alpha value is -2.70. The third kappa shape index (κ3) is 4.57. The number of amides is 1. The molecule has 0 spiro atoms. The number of carbonyl (C=O) groups excluding carboxylic acids is 1. The number of carbonyl (C=O) groups is 1. The van der Waals surface area contributed by atoms with Crippen molar-refractivity contribution in [3.05, 3.63) is 52.1 Å². The molecule has 2 aromatic rings. The fraction of sp³-hybridized carbons (Fsp3) is 0.500. The van der Waals surface area contributed by atoms with Gasteiger partial charge in [-0.25, -0.2) is 9.36 Å². The Labute approximate surface area is 204 Å². The quantitative estimate of drug-likeness (QED) is 0.583. The van der Waals surface area contributed by atoms with Crippen LogP contribution in [0, 0.1) is 0 Å². The third-order valence-corrected chi connectivity index (χ3v) is 7.45. The van der Waals surface area contributed by atoms with Gasteiger partial charge in [-0.05, 0) is 44.5 Å². The number of hydrogen-bond acceptors (Lipinski definition) is 9. The molecule has 11 nitrogen and oxygen atoms in total. The molecule has 2 fully saturated rings. The molecule has 2 saturated heterocycles. The molecule has 0 radical (unpaired) electrons. The number of nitrogens with one attached hydrogen (secondary N) is 1. The third-order valence-electron chi connectivity index (χ3n) is 5.82. The molecule has 194 valence electrons. The Morgan fingerprint density at radius 2 is 2.11 bits per heavy atom. The van der Waals surface area contributed by atoms with E-state index in [1.807, 2.05) is 6.92 Å². The van der Waals surface area contributed by atoms with E-state index in [4.69, 9.17) is 23.0 Å². The molecule has 1 amide bonds. The molecule has 36 heavy (non-hydrogen) atoms. The van der Waals surface area contributed by atoms with E-state index in [0.717, 1.165) is 18.2 Å². The Kier molecular flexibility index (Phi) is 6.24. The number of benzene rings is 1. The van der Waals surface area contributed by atoms with Crippen LogP contribution in [0.15, 0.2) is 35.3 Å². The molecule has 0 aliphatic carbocycles. The number of alkyl halides is 2. The summed E-state index contributed by atoms with van der Waals surface area (Å²) in [4.78, 5) is 28.9. The zero-order valence-electron chi connectivity index (χ0n) is 19.6. The van der Waals surface area contributed by atoms with Crippen LogP contribution in [0.3, 0.4) is 0 Å². The van der Waals surface area contributed by atoms with E-state index in [1.165, 1.54) is 6.07 Å². The van der Waals surface area contributed by atoms with Crippen molar-refractivity contribution in [2.45, 2.75) is 63.8 Å². The Bertz CT molecular complexity index is 1300. The summed E-state index contributed by atoms with van der Waals surface area (Å²) in [6.07, 6.45) is -4.16. The molecular weight excluding hydrogens is 503 g/mol. The number of fused-ring (bicyclic) bond motifs is 2. The standard InChI is InChI=1S/C22H24F2N3O8P/c1-11(2)34-36(30)31-10-16-18(35-36)22(23,24)20(33-16)27-7-6-17(26-21(27)29)25-19(28)14-5-4-13-8-12(3)32-15(13)9-14/h4-7,9,11-12,16,18,20H,8,10H2,1-3H3,(H,25,26,28,29)/t12?,16?,18-,20?,36?/m1/s1. The summed E-state index contributed by atoms with van der Waals surface area (Å²) in [5.74, 6) is -3.84. The number of anilines is 1. The van der Waals surface area contributed by atoms with Crippen LogP contribution < -0.4 is 15.7 Å². The van der Waals surface area contributed by atoms with Crippen molar-refractivity contribution in [3.8, 4) is 5.75 Å². The average Bonchev–Trinajstić information content (AvgIpc) is 3.28. The molecule has 0 saturated carbocycles. The molecule has 1 aromatic heterocycles. The van der Waals surface area contributed by atoms with Crippen molar-refractivity contribution < 1.29 is 41.2 Å². The highest BCUT2D eigenvalue weighted by Gasteiger charge is 2.65. The van der Waals surface area contributed by atoms with Crippen LogP contribution in [0.5, 0.6) is 5.75 Å². The van der Waals surface area contributed by atoms with Gasteiger partial charge in [0.2, 0.25) is 6.23 Å². The number of rotatable bonds is 5. The van der Waals surface area contributed by atoms with Gasteiger partial charge in [-0.3, -0.25) is 22.9 Å². The highest BCUT2D eigenvalue weighted by atomic mass is 31.2. The first-order valence-electron chi connectivity index (χ1n) is 11.3. The second-order valence-corrected chi connectivity index (χ2v) is 10.6. The zero-order valence-corrected chi connectivity index (χ0v) is 20.4. The lowest BCUT2D eigenvalue weighted by Gasteiger charge is -2.32. The maximum atomic E-state index is 15.2. The number of nitrogens with zero attached hydrogens (tertiary/aromatic N) is 2. The Morgan fingerprint density at radius 3 is 2.83 bits per heavy atom. The van der Waals surface area contributed by atoms with Crippen molar-refractivity contribution in [1.29, 1.82) is 0 Å². The SMILES string of the molecule is CC(C)OP1(=O)OCC2OC(n3ccc(NC(=O)c4ccc5c(c4)OC(C)C5)nc3=O)C(F)(F)[C@@H]2O1. The minimum Gasteiger partial charge on any atom is -0.490 e. The van der Waals surface area contributed by atoms with Gasteiger partial charge in [0.1, 0.15) is 23.8 Å². The highest BCUT2D eigenvalue weighted by Crippen LogP contribution is 2.60. The average molecular weight is 527 g/mol. The second-order valence-electron chi connectivity index (χ2n) is 9.04. The van der Waals surface area contributed by atoms with Crippen LogP contribution in [0.25, 0.3) is 0 Å². The van der Waals surface area contributed by atoms with Gasteiger partial charge in [0, 0.05) is 18.2 Å². The van der Waals surface area contributed by atoms with Gasteiger partial charge in [0.15, 0.2) is 6.10 Å². The number of aromatic nitrogens is 2. The Morgan fingerprint density at radius 1 is 1.33 bits per heavy atom. The number of hydrogen-bond donors (Lipinski definition) is 1. The molecule has 0 bridgehead atoms. The minimum absolute atomic E-state index is 0.0129. The number of halogens is 2. The van der Waals surface area contributed by atoms with Gasteiger partial charge >= 0.3 is 19.4 Å². The van der Waals surface area contributed by atoms with E-state index < -0.39 is 56.5 Å². The summed E-state index contributed by atoms with van der Waals surface area (Å²) in [6.45, 7) is 4.55. The van der Waals surface area contributed by atoms with E-state index >= 15 is 8.78 Å². The first kappa shape index (κ1) is 25.0. The summed E-state index contributed by atoms with van der Waals surface area (Å²) in [6, 6.07) is 6.19. The van der Waals surface area contributed by atoms with E-state index in [1.54, 1.807) is 32.0 Å². The second kappa shape index (κ2) is 9.00. The van der Waals surface area contributed by atoms with Crippen LogP contribution >= 0.6 is 7.82 Å². The van der Waals surface area contributed by atoms with Crippen LogP contribution in [0.2, 0.25) is 0 Å². The van der Waals surface area contributed by atoms with Crippen molar-refractivity contribution in [1.82, 2.24) is 9.55 Å². The van der Waals surface area contributed by atoms with E-state index in [0.29, 0.717) is 10.3 Å². The zero-order chi connectivity index (χ0) is 25.8. The summed E-state index contributed by atoms with van der Waals surface area (Å²) in [5, 5.41) is 2.47. The van der Waals surface area contributed by atoms with E-state index in [9.17, 15) is 14.2 Å². The number of phosphoric ester groups is 1. The van der Waals surface area contributed by atoms with Crippen LogP contribution in [0.4, 0.5) is 14.6 Å². The predicted molar refractivity (Wildman–Crippen MR) is 120 cm³/mol. The number of ether oxygens (including phenoxy) is 2. The monoisotopic (exact) mass is 527 g/mol. The summed E-state index contributed by atoms with van der Waals surface area (Å²) in [5.41, 5.74) is 0.179. The smallest absolute Gasteiger partial charge is 0.475 e. The lowest BCUT2D eigenvalue weighted by atomic mass is 10.1. The van der Waals surface area contributed by atoms with Gasteiger partial charge in [0.05, 0.1) is 12.7 Å². The molecule has 14 heteroatoms. The topological polar surface area (TPSA) is 127 Å². The summed E-state index contributed by atoms with van der Waals surface area (Å²) < 4.78 is 69.6. The Balaban J connectivity index is 1.32. The van der Waals surface area contributed by atoms with Crippen molar-refractivity contribution in [2.75, 3.05) is 11.9 Å². The molecule has 1 aromatic carbocycles. The molecule has 4 heterocycles. The molecule has 5 rings (SSSR count). The van der Waals surface area contributed by atoms with Gasteiger partial charge in [-0.2, -0.15) is 13.8 Å². The molecule has 4 unspecified atom stereocenters. The van der Waals surface area contributed by atoms with Crippen molar-refractivity contribution in [3.63, 3.8) is 0 Å². The maximum absolute atomic E-state index is 15.2. The molecule has 3 aliphatic heterocycles. The largest absolute Gasteiger partial charge is 0.490 e. The lowest BCUT2D eigenvalue weighted by Crippen LogP contribution is -2.45. The number of phosphoric acid groups is 1. The normalized spacial score (nSPS) is 30.5. The lowest BCUT2D eigenvalue weighted by molar-refractivity contribution is -0.139. The van der Waals surface area contributed by atoms with E-state index in [-0.39, 0.29) is 17.5 Å². The van der Waals surface area contributed by atoms with Gasteiger partial charge in [0.25, 0.3) is 5.91 Å². The molecule has 1 N–H and O–H groups in total. The molecular formula is C22H24F2N3O8P. The first-order chi connectivity index (χ1) is 16.9. The van der Waals surface area contributed by atoms with E-state index in [2.05, 4.69) is 10.3 Å². The fourth-order valence-electron chi connectivity index (χ4n) is 4.27. The fourth-order valence-corrected chi connectivity index (χ4v) is 5.84. The summed E-state index contributed by atoms with van der Waals surface area (Å²) in [7, 11) is -4.23. The maximum Gasteiger partial charge on any atom is 0.475 e. The first-order valence-corrected chi connectivity index (χ1v) is 12.8. The van der Waals surface area contributed by atoms with Crippen molar-refractivity contribution in [2.24, 2.45) is 0 Å². The van der Waals surface area contributed by atoms with Gasteiger partial charge in [-0.15, -0.1) is 0 Å². The van der Waals surface area contributed by atoms with Crippen LogP contribution in [-0.4, -0.2) is 52.4 Å². The highest BCUT2D eigenvalue weighted by molar-refractivity contribution is 7.48. The molecule has 3 aliphatic rings. The van der Waals surface area contributed by atoms with Crippen molar-refractivity contribution >= 4 is 19.5 Å². The van der Waals surface area contributed by atoms with Gasteiger partial charge in [-0.1, -0.05) is 6.07 Å². The van der Waals surface area contributed by atoms with Crippen LogP contribution in [0.1, 0.15) is 42.9 Å². The molecule has 5 atom stereocenters. The summed E-state index contributed by atoms with van der Waals surface area (Å²) >= 11 is 0. The minimum atomic E-state index is -4.23. The predicted octanol–water partition coefficient (Wildman–Crippen LogP) is 3.30. The van der Waals surface area contributed by atoms with Gasteiger partial charge < -0.3 is 14.8 Å².